The van der Waals surface area contributed by atoms with Crippen LogP contribution in [0.25, 0.3) is 22.2 Å². The van der Waals surface area contributed by atoms with E-state index in [4.69, 9.17) is 4.42 Å². The molecule has 0 aliphatic heterocycles. The maximum atomic E-state index is 13.2. The number of aromatic nitrogens is 5. The molecule has 0 spiro atoms. The van der Waals surface area contributed by atoms with Gasteiger partial charge < -0.3 is 9.73 Å². The van der Waals surface area contributed by atoms with Gasteiger partial charge in [-0.15, -0.1) is 10.2 Å². The molecule has 0 bridgehead atoms. The summed E-state index contributed by atoms with van der Waals surface area (Å²) in [6, 6.07) is 7.94. The van der Waals surface area contributed by atoms with Gasteiger partial charge in [-0.3, -0.25) is 0 Å². The van der Waals surface area contributed by atoms with Gasteiger partial charge in [-0.1, -0.05) is 12.1 Å². The molecule has 8 heteroatoms. The van der Waals surface area contributed by atoms with E-state index >= 15 is 0 Å². The minimum absolute atomic E-state index is 0.233. The van der Waals surface area contributed by atoms with Gasteiger partial charge in [0.15, 0.2) is 5.65 Å². The van der Waals surface area contributed by atoms with Crippen molar-refractivity contribution in [1.82, 2.24) is 25.1 Å². The lowest BCUT2D eigenvalue weighted by Gasteiger charge is -2.12. The van der Waals surface area contributed by atoms with E-state index in [1.807, 2.05) is 13.0 Å². The zero-order valence-corrected chi connectivity index (χ0v) is 14.1. The molecular weight excluding hydrogens is 335 g/mol. The van der Waals surface area contributed by atoms with Gasteiger partial charge in [0.05, 0.1) is 5.39 Å². The minimum atomic E-state index is -0.281. The summed E-state index contributed by atoms with van der Waals surface area (Å²) in [4.78, 5) is 12.9. The molecule has 3 aromatic heterocycles. The third-order valence-electron chi connectivity index (χ3n) is 3.93. The van der Waals surface area contributed by atoms with Crippen LogP contribution in [-0.2, 0) is 0 Å². The average Bonchev–Trinajstić information content (AvgIpc) is 3.09. The second kappa shape index (κ2) is 6.47. The van der Waals surface area contributed by atoms with Crippen LogP contribution in [0, 0.1) is 12.7 Å². The van der Waals surface area contributed by atoms with Gasteiger partial charge in [-0.2, -0.15) is 0 Å². The van der Waals surface area contributed by atoms with Crippen LogP contribution in [0.3, 0.4) is 0 Å². The fourth-order valence-electron chi connectivity index (χ4n) is 2.61. The van der Waals surface area contributed by atoms with Gasteiger partial charge in [0.1, 0.15) is 24.0 Å². The fraction of sp³-hybridized carbons (Fsp3) is 0.167. The van der Waals surface area contributed by atoms with Crippen molar-refractivity contribution in [3.8, 4) is 11.1 Å². The van der Waals surface area contributed by atoms with Gasteiger partial charge in [-0.25, -0.2) is 19.3 Å². The van der Waals surface area contributed by atoms with Crippen LogP contribution < -0.4 is 5.32 Å². The molecule has 130 valence electrons. The molecule has 0 aliphatic carbocycles. The largest absolute Gasteiger partial charge is 0.423 e. The summed E-state index contributed by atoms with van der Waals surface area (Å²) in [6.07, 6.45) is 3.15. The maximum Gasteiger partial charge on any atom is 0.238 e. The number of fused-ring (bicyclic) bond motifs is 1. The van der Waals surface area contributed by atoms with E-state index in [-0.39, 0.29) is 11.9 Å². The number of anilines is 1. The molecule has 0 amide bonds. The minimum Gasteiger partial charge on any atom is -0.423 e. The van der Waals surface area contributed by atoms with Crippen molar-refractivity contribution in [2.75, 3.05) is 5.32 Å². The first-order valence-corrected chi connectivity index (χ1v) is 8.03. The number of pyridine rings is 1. The lowest BCUT2D eigenvalue weighted by atomic mass is 10.1. The second-order valence-electron chi connectivity index (χ2n) is 5.85. The molecule has 1 aromatic carbocycles. The molecule has 0 fully saturated rings. The van der Waals surface area contributed by atoms with Crippen molar-refractivity contribution < 1.29 is 8.81 Å². The third kappa shape index (κ3) is 3.08. The predicted octanol–water partition coefficient (Wildman–Crippen LogP) is 3.70. The van der Waals surface area contributed by atoms with Crippen LogP contribution in [0.4, 0.5) is 10.2 Å². The molecule has 0 saturated carbocycles. The molecule has 1 atom stereocenters. The van der Waals surface area contributed by atoms with E-state index < -0.39 is 0 Å². The highest BCUT2D eigenvalue weighted by Gasteiger charge is 2.15. The Bertz CT molecular complexity index is 1060. The van der Waals surface area contributed by atoms with Crippen molar-refractivity contribution in [1.29, 1.82) is 0 Å². The van der Waals surface area contributed by atoms with Gasteiger partial charge in [-0.05, 0) is 30.7 Å². The molecule has 4 rings (SSSR count). The molecule has 1 N–H and O–H groups in total. The summed E-state index contributed by atoms with van der Waals surface area (Å²) >= 11 is 0. The maximum absolute atomic E-state index is 13.2. The van der Waals surface area contributed by atoms with Crippen LogP contribution in [0.2, 0.25) is 0 Å². The Morgan fingerprint density at radius 1 is 1.04 bits per heavy atom. The van der Waals surface area contributed by atoms with Crippen molar-refractivity contribution in [2.24, 2.45) is 0 Å². The van der Waals surface area contributed by atoms with Crippen LogP contribution in [0.5, 0.6) is 0 Å². The summed E-state index contributed by atoms with van der Waals surface area (Å²) in [7, 11) is 0. The van der Waals surface area contributed by atoms with E-state index in [1.165, 1.54) is 18.5 Å². The highest BCUT2D eigenvalue weighted by atomic mass is 19.1. The normalized spacial score (nSPS) is 12.3. The summed E-state index contributed by atoms with van der Waals surface area (Å²) < 4.78 is 18.6. The van der Waals surface area contributed by atoms with E-state index in [0.29, 0.717) is 23.2 Å². The first-order valence-electron chi connectivity index (χ1n) is 8.03. The summed E-state index contributed by atoms with van der Waals surface area (Å²) in [5.41, 5.74) is 2.26. The smallest absolute Gasteiger partial charge is 0.238 e. The molecule has 7 nitrogen and oxygen atoms in total. The first-order chi connectivity index (χ1) is 12.6. The van der Waals surface area contributed by atoms with Crippen LogP contribution in [0.15, 0.2) is 47.3 Å². The van der Waals surface area contributed by atoms with Crippen LogP contribution in [0.1, 0.15) is 24.7 Å². The van der Waals surface area contributed by atoms with Gasteiger partial charge in [0.25, 0.3) is 0 Å². The molecule has 0 radical (unpaired) electrons. The second-order valence-corrected chi connectivity index (χ2v) is 5.85. The van der Waals surface area contributed by atoms with Crippen molar-refractivity contribution in [3.05, 3.63) is 60.5 Å². The molecule has 26 heavy (non-hydrogen) atoms. The number of benzene rings is 1. The molecule has 0 saturated heterocycles. The Labute approximate surface area is 148 Å². The third-order valence-corrected chi connectivity index (χ3v) is 3.93. The van der Waals surface area contributed by atoms with Crippen LogP contribution >= 0.6 is 0 Å². The highest BCUT2D eigenvalue weighted by molar-refractivity contribution is 5.89. The quantitative estimate of drug-likeness (QED) is 0.600. The molecule has 0 unspecified atom stereocenters. The highest BCUT2D eigenvalue weighted by Crippen LogP contribution is 2.27. The molecule has 0 aliphatic rings. The number of nitrogens with zero attached hydrogens (tertiary/aromatic N) is 5. The summed E-state index contributed by atoms with van der Waals surface area (Å²) in [5.74, 6) is 1.30. The average molecular weight is 350 g/mol. The predicted molar refractivity (Wildman–Crippen MR) is 93.8 cm³/mol. The number of hydrogen-bond acceptors (Lipinski definition) is 7. The molecule has 3 heterocycles. The van der Waals surface area contributed by atoms with Crippen molar-refractivity contribution in [3.63, 3.8) is 0 Å². The Hall–Kier alpha value is -3.42. The number of aryl methyl sites for hydroxylation is 1. The van der Waals surface area contributed by atoms with E-state index in [9.17, 15) is 4.39 Å². The first kappa shape index (κ1) is 16.1. The molecular formula is C18H15FN6O. The van der Waals surface area contributed by atoms with Crippen molar-refractivity contribution in [2.45, 2.75) is 19.9 Å². The Morgan fingerprint density at radius 3 is 2.58 bits per heavy atom. The Kier molecular flexibility index (Phi) is 4.00. The number of nitrogens with one attached hydrogen (secondary N) is 1. The monoisotopic (exact) mass is 350 g/mol. The molecule has 4 aromatic rings. The summed E-state index contributed by atoms with van der Waals surface area (Å²) in [5, 5.41) is 11.9. The Morgan fingerprint density at radius 2 is 1.85 bits per heavy atom. The number of rotatable bonds is 4. The van der Waals surface area contributed by atoms with Crippen LogP contribution in [-0.4, -0.2) is 25.1 Å². The number of halogens is 1. The van der Waals surface area contributed by atoms with Gasteiger partial charge in [0, 0.05) is 18.7 Å². The SMILES string of the molecule is Cc1nnc([C@@H](C)Nc2ncnc3ncc(-c4ccc(F)cc4)cc23)o1. The van der Waals surface area contributed by atoms with E-state index in [0.717, 1.165) is 16.5 Å². The van der Waals surface area contributed by atoms with Gasteiger partial charge in [0.2, 0.25) is 11.8 Å². The van der Waals surface area contributed by atoms with E-state index in [2.05, 4.69) is 30.5 Å². The zero-order chi connectivity index (χ0) is 18.1. The number of hydrogen-bond donors (Lipinski definition) is 1. The lowest BCUT2D eigenvalue weighted by molar-refractivity contribution is 0.451. The topological polar surface area (TPSA) is 89.6 Å². The van der Waals surface area contributed by atoms with E-state index in [1.54, 1.807) is 25.3 Å². The zero-order valence-electron chi connectivity index (χ0n) is 14.1. The van der Waals surface area contributed by atoms with Crippen molar-refractivity contribution >= 4 is 16.9 Å². The fourth-order valence-corrected chi connectivity index (χ4v) is 2.61. The standard InChI is InChI=1S/C18H15FN6O/c1-10(18-25-24-11(2)26-18)23-17-15-7-13(8-20-16(15)21-9-22-17)12-3-5-14(19)6-4-12/h3-10H,1-2H3,(H,20,21,22,23)/t10-/m1/s1. The lowest BCUT2D eigenvalue weighted by Crippen LogP contribution is -2.09. The van der Waals surface area contributed by atoms with Gasteiger partial charge >= 0.3 is 0 Å². The summed E-state index contributed by atoms with van der Waals surface area (Å²) in [6.45, 7) is 3.64. The Balaban J connectivity index is 1.72.